The summed E-state index contributed by atoms with van der Waals surface area (Å²) in [6.07, 6.45) is 0. The first kappa shape index (κ1) is 15.2. The highest BCUT2D eigenvalue weighted by Crippen LogP contribution is 2.21. The summed E-state index contributed by atoms with van der Waals surface area (Å²) >= 11 is 1.60. The number of benzene rings is 1. The Bertz CT molecular complexity index is 668. The monoisotopic (exact) mass is 311 g/mol. The molecule has 2 N–H and O–H groups in total. The molecule has 0 radical (unpaired) electrons. The summed E-state index contributed by atoms with van der Waals surface area (Å²) in [7, 11) is -3.51. The van der Waals surface area contributed by atoms with E-state index in [9.17, 15) is 8.42 Å². The average molecular weight is 311 g/mol. The largest absolute Gasteiger partial charge is 0.392 e. The van der Waals surface area contributed by atoms with Gasteiger partial charge in [0.25, 0.3) is 0 Å². The number of rotatable bonds is 5. The summed E-state index contributed by atoms with van der Waals surface area (Å²) < 4.78 is 26.8. The van der Waals surface area contributed by atoms with Crippen molar-refractivity contribution in [3.63, 3.8) is 0 Å². The molecule has 0 amide bonds. The first-order valence-electron chi connectivity index (χ1n) is 6.18. The zero-order valence-electron chi connectivity index (χ0n) is 11.4. The second-order valence-corrected chi connectivity index (χ2v) is 7.69. The molecule has 0 spiro atoms. The third-order valence-corrected chi connectivity index (χ3v) is 5.64. The van der Waals surface area contributed by atoms with E-state index in [1.807, 2.05) is 19.9 Å². The van der Waals surface area contributed by atoms with Gasteiger partial charge in [-0.05, 0) is 43.2 Å². The van der Waals surface area contributed by atoms with Crippen LogP contribution in [0.25, 0.3) is 0 Å². The van der Waals surface area contributed by atoms with Crippen molar-refractivity contribution in [2.75, 3.05) is 0 Å². The van der Waals surface area contributed by atoms with Crippen LogP contribution in [0.3, 0.4) is 0 Å². The lowest BCUT2D eigenvalue weighted by atomic mass is 10.2. The number of hydrogen-bond donors (Lipinski definition) is 2. The third kappa shape index (κ3) is 3.46. The summed E-state index contributed by atoms with van der Waals surface area (Å²) in [4.78, 5) is 2.40. The lowest BCUT2D eigenvalue weighted by Crippen LogP contribution is -2.22. The molecule has 0 fully saturated rings. The second-order valence-electron chi connectivity index (χ2n) is 4.58. The average Bonchev–Trinajstić information content (AvgIpc) is 2.76. The Hall–Kier alpha value is -1.21. The number of nitrogens with one attached hydrogen (secondary N) is 1. The summed E-state index contributed by atoms with van der Waals surface area (Å²) in [6.45, 7) is 4.23. The summed E-state index contributed by atoms with van der Waals surface area (Å²) in [5, 5.41) is 8.95. The standard InChI is InChI=1S/C14H17NO3S2/c1-10-7-13(19-11(10)2)8-15-20(17,18)14-5-3-12(9-16)4-6-14/h3-7,15-16H,8-9H2,1-2H3. The summed E-state index contributed by atoms with van der Waals surface area (Å²) in [5.74, 6) is 0. The van der Waals surface area contributed by atoms with Crippen molar-refractivity contribution in [1.82, 2.24) is 4.72 Å². The Kier molecular flexibility index (Phi) is 4.59. The summed E-state index contributed by atoms with van der Waals surface area (Å²) in [6, 6.07) is 8.21. The van der Waals surface area contributed by atoms with Gasteiger partial charge in [0.2, 0.25) is 10.0 Å². The predicted molar refractivity (Wildman–Crippen MR) is 80.2 cm³/mol. The van der Waals surface area contributed by atoms with Crippen LogP contribution in [-0.2, 0) is 23.2 Å². The van der Waals surface area contributed by atoms with Crippen LogP contribution in [0.15, 0.2) is 35.2 Å². The Morgan fingerprint density at radius 3 is 2.35 bits per heavy atom. The van der Waals surface area contributed by atoms with Crippen molar-refractivity contribution < 1.29 is 13.5 Å². The van der Waals surface area contributed by atoms with Gasteiger partial charge >= 0.3 is 0 Å². The molecule has 0 unspecified atom stereocenters. The van der Waals surface area contributed by atoms with E-state index in [0.717, 1.165) is 4.88 Å². The highest BCUT2D eigenvalue weighted by Gasteiger charge is 2.14. The maximum absolute atomic E-state index is 12.1. The highest BCUT2D eigenvalue weighted by molar-refractivity contribution is 7.89. The molecule has 2 aromatic rings. The van der Waals surface area contributed by atoms with E-state index in [-0.39, 0.29) is 11.5 Å². The molecule has 1 aromatic heterocycles. The van der Waals surface area contributed by atoms with Crippen LogP contribution >= 0.6 is 11.3 Å². The predicted octanol–water partition coefficient (Wildman–Crippen LogP) is 2.34. The Labute approximate surface area is 123 Å². The molecule has 0 aliphatic carbocycles. The van der Waals surface area contributed by atoms with Crippen molar-refractivity contribution in [3.05, 3.63) is 51.2 Å². The number of aliphatic hydroxyl groups is 1. The van der Waals surface area contributed by atoms with E-state index >= 15 is 0 Å². The van der Waals surface area contributed by atoms with E-state index in [1.165, 1.54) is 22.6 Å². The fourth-order valence-corrected chi connectivity index (χ4v) is 3.85. The van der Waals surface area contributed by atoms with Gasteiger partial charge in [-0.25, -0.2) is 13.1 Å². The number of aliphatic hydroxyl groups excluding tert-OH is 1. The lowest BCUT2D eigenvalue weighted by Gasteiger charge is -2.06. The van der Waals surface area contributed by atoms with Gasteiger partial charge in [-0.3, -0.25) is 0 Å². The van der Waals surface area contributed by atoms with Gasteiger partial charge in [-0.15, -0.1) is 11.3 Å². The molecule has 0 saturated carbocycles. The molecule has 0 bridgehead atoms. The molecule has 2 rings (SSSR count). The Morgan fingerprint density at radius 2 is 1.85 bits per heavy atom. The highest BCUT2D eigenvalue weighted by atomic mass is 32.2. The minimum Gasteiger partial charge on any atom is -0.392 e. The van der Waals surface area contributed by atoms with Crippen LogP contribution in [0.2, 0.25) is 0 Å². The van der Waals surface area contributed by atoms with E-state index < -0.39 is 10.0 Å². The molecule has 1 aromatic carbocycles. The molecular weight excluding hydrogens is 294 g/mol. The zero-order valence-corrected chi connectivity index (χ0v) is 13.0. The topological polar surface area (TPSA) is 66.4 Å². The van der Waals surface area contributed by atoms with Gasteiger partial charge < -0.3 is 5.11 Å². The van der Waals surface area contributed by atoms with Gasteiger partial charge in [0.1, 0.15) is 0 Å². The van der Waals surface area contributed by atoms with Crippen LogP contribution in [-0.4, -0.2) is 13.5 Å². The van der Waals surface area contributed by atoms with Crippen LogP contribution in [0, 0.1) is 13.8 Å². The van der Waals surface area contributed by atoms with Crippen LogP contribution in [0.1, 0.15) is 20.9 Å². The van der Waals surface area contributed by atoms with Crippen LogP contribution in [0.5, 0.6) is 0 Å². The maximum Gasteiger partial charge on any atom is 0.240 e. The van der Waals surface area contributed by atoms with E-state index in [0.29, 0.717) is 12.1 Å². The minimum atomic E-state index is -3.51. The van der Waals surface area contributed by atoms with Crippen LogP contribution < -0.4 is 4.72 Å². The normalized spacial score (nSPS) is 11.8. The lowest BCUT2D eigenvalue weighted by molar-refractivity contribution is 0.282. The molecule has 1 heterocycles. The van der Waals surface area contributed by atoms with Gasteiger partial charge in [0.05, 0.1) is 11.5 Å². The zero-order chi connectivity index (χ0) is 14.8. The number of aryl methyl sites for hydroxylation is 2. The molecule has 4 nitrogen and oxygen atoms in total. The Balaban J connectivity index is 2.10. The van der Waals surface area contributed by atoms with E-state index in [2.05, 4.69) is 4.72 Å². The molecule has 20 heavy (non-hydrogen) atoms. The molecule has 0 aliphatic rings. The van der Waals surface area contributed by atoms with Crippen molar-refractivity contribution in [2.45, 2.75) is 31.9 Å². The number of hydrogen-bond acceptors (Lipinski definition) is 4. The smallest absolute Gasteiger partial charge is 0.240 e. The molecule has 6 heteroatoms. The summed E-state index contributed by atoms with van der Waals surface area (Å²) in [5.41, 5.74) is 1.87. The van der Waals surface area contributed by atoms with Crippen molar-refractivity contribution >= 4 is 21.4 Å². The van der Waals surface area contributed by atoms with Crippen molar-refractivity contribution in [3.8, 4) is 0 Å². The molecule has 0 aliphatic heterocycles. The fourth-order valence-electron chi connectivity index (χ4n) is 1.76. The third-order valence-electron chi connectivity index (χ3n) is 3.07. The number of sulfonamides is 1. The van der Waals surface area contributed by atoms with Gasteiger partial charge in [-0.1, -0.05) is 12.1 Å². The quantitative estimate of drug-likeness (QED) is 0.890. The van der Waals surface area contributed by atoms with Gasteiger partial charge in [0, 0.05) is 16.3 Å². The van der Waals surface area contributed by atoms with Crippen molar-refractivity contribution in [2.24, 2.45) is 0 Å². The molecule has 0 saturated heterocycles. The van der Waals surface area contributed by atoms with E-state index in [1.54, 1.807) is 23.5 Å². The molecule has 0 atom stereocenters. The SMILES string of the molecule is Cc1cc(CNS(=O)(=O)c2ccc(CO)cc2)sc1C. The van der Waals surface area contributed by atoms with Crippen molar-refractivity contribution in [1.29, 1.82) is 0 Å². The molecule has 108 valence electrons. The minimum absolute atomic E-state index is 0.0957. The van der Waals surface area contributed by atoms with Gasteiger partial charge in [0.15, 0.2) is 0 Å². The Morgan fingerprint density at radius 1 is 1.20 bits per heavy atom. The second kappa shape index (κ2) is 6.05. The van der Waals surface area contributed by atoms with Crippen LogP contribution in [0.4, 0.5) is 0 Å². The first-order valence-corrected chi connectivity index (χ1v) is 8.48. The first-order chi connectivity index (χ1) is 9.42. The maximum atomic E-state index is 12.1. The molecular formula is C14H17NO3S2. The fraction of sp³-hybridized carbons (Fsp3) is 0.286. The number of thiophene rings is 1. The van der Waals surface area contributed by atoms with E-state index in [4.69, 9.17) is 5.11 Å². The van der Waals surface area contributed by atoms with Gasteiger partial charge in [-0.2, -0.15) is 0 Å².